The van der Waals surface area contributed by atoms with Gasteiger partial charge in [0.15, 0.2) is 11.5 Å². The number of thioether (sulfide) groups is 1. The van der Waals surface area contributed by atoms with E-state index < -0.39 is 11.7 Å². The third-order valence-corrected chi connectivity index (χ3v) is 3.25. The second kappa shape index (κ2) is 6.19. The van der Waals surface area contributed by atoms with Crippen molar-refractivity contribution in [3.8, 4) is 11.5 Å². The molecule has 0 aromatic heterocycles. The molecule has 0 radical (unpaired) electrons. The van der Waals surface area contributed by atoms with Crippen LogP contribution in [0.2, 0.25) is 0 Å². The highest BCUT2D eigenvalue weighted by Gasteiger charge is 2.38. The molecule has 0 aliphatic carbocycles. The van der Waals surface area contributed by atoms with Crippen molar-refractivity contribution in [3.63, 3.8) is 0 Å². The van der Waals surface area contributed by atoms with Crippen molar-refractivity contribution in [2.75, 3.05) is 27.1 Å². The lowest BCUT2D eigenvalue weighted by Crippen LogP contribution is -2.12. The minimum atomic E-state index is -4.49. The van der Waals surface area contributed by atoms with E-state index in [2.05, 4.69) is 5.32 Å². The zero-order valence-corrected chi connectivity index (χ0v) is 11.0. The van der Waals surface area contributed by atoms with Crippen LogP contribution in [0.25, 0.3) is 0 Å². The van der Waals surface area contributed by atoms with E-state index in [1.165, 1.54) is 26.4 Å². The summed E-state index contributed by atoms with van der Waals surface area (Å²) in [6, 6.07) is 2.85. The van der Waals surface area contributed by atoms with E-state index in [9.17, 15) is 13.2 Å². The van der Waals surface area contributed by atoms with Crippen molar-refractivity contribution in [3.05, 3.63) is 17.7 Å². The van der Waals surface area contributed by atoms with Gasteiger partial charge >= 0.3 is 6.18 Å². The Morgan fingerprint density at radius 1 is 1.22 bits per heavy atom. The van der Waals surface area contributed by atoms with Crippen molar-refractivity contribution < 1.29 is 22.6 Å². The van der Waals surface area contributed by atoms with Gasteiger partial charge in [-0.25, -0.2) is 0 Å². The molecule has 0 aliphatic rings. The molecule has 102 valence electrons. The quantitative estimate of drug-likeness (QED) is 0.664. The molecule has 0 unspecified atom stereocenters. The number of halogens is 3. The lowest BCUT2D eigenvalue weighted by atomic mass is 10.1. The maximum Gasteiger partial charge on any atom is 0.421 e. The SMILES string of the molecule is CNCSc1ccc(OC)c(OC)c1C(F)(F)F. The fraction of sp³-hybridized carbons (Fsp3) is 0.455. The van der Waals surface area contributed by atoms with Crippen molar-refractivity contribution in [2.24, 2.45) is 0 Å². The number of hydrogen-bond donors (Lipinski definition) is 1. The minimum Gasteiger partial charge on any atom is -0.493 e. The Morgan fingerprint density at radius 3 is 2.33 bits per heavy atom. The molecule has 0 aliphatic heterocycles. The third kappa shape index (κ3) is 3.23. The minimum absolute atomic E-state index is 0.0682. The lowest BCUT2D eigenvalue weighted by molar-refractivity contribution is -0.141. The van der Waals surface area contributed by atoms with Crippen LogP contribution in [0.4, 0.5) is 13.2 Å². The highest BCUT2D eigenvalue weighted by molar-refractivity contribution is 7.99. The second-order valence-electron chi connectivity index (χ2n) is 3.31. The normalized spacial score (nSPS) is 11.4. The van der Waals surface area contributed by atoms with Gasteiger partial charge in [0, 0.05) is 10.8 Å². The molecule has 0 saturated heterocycles. The monoisotopic (exact) mass is 281 g/mol. The van der Waals surface area contributed by atoms with Crippen molar-refractivity contribution in [2.45, 2.75) is 11.1 Å². The zero-order chi connectivity index (χ0) is 13.8. The van der Waals surface area contributed by atoms with E-state index in [4.69, 9.17) is 9.47 Å². The van der Waals surface area contributed by atoms with Gasteiger partial charge < -0.3 is 14.8 Å². The number of ether oxygens (including phenoxy) is 2. The van der Waals surface area contributed by atoms with E-state index in [1.54, 1.807) is 7.05 Å². The highest BCUT2D eigenvalue weighted by atomic mass is 32.2. The van der Waals surface area contributed by atoms with Crippen LogP contribution < -0.4 is 14.8 Å². The van der Waals surface area contributed by atoms with Crippen LogP contribution >= 0.6 is 11.8 Å². The Bertz CT molecular complexity index is 410. The predicted octanol–water partition coefficient (Wildman–Crippen LogP) is 2.99. The van der Waals surface area contributed by atoms with Crippen LogP contribution in [0.5, 0.6) is 11.5 Å². The van der Waals surface area contributed by atoms with E-state index in [1.807, 2.05) is 0 Å². The molecule has 7 heteroatoms. The summed E-state index contributed by atoms with van der Waals surface area (Å²) < 4.78 is 48.9. The average Bonchev–Trinajstić information content (AvgIpc) is 2.33. The maximum atomic E-state index is 13.1. The summed E-state index contributed by atoms with van der Waals surface area (Å²) in [5.74, 6) is 0.156. The Morgan fingerprint density at radius 2 is 1.89 bits per heavy atom. The molecule has 0 spiro atoms. The largest absolute Gasteiger partial charge is 0.493 e. The van der Waals surface area contributed by atoms with Crippen molar-refractivity contribution in [1.82, 2.24) is 5.32 Å². The maximum absolute atomic E-state index is 13.1. The summed E-state index contributed by atoms with van der Waals surface area (Å²) in [5, 5.41) is 2.78. The van der Waals surface area contributed by atoms with Crippen LogP contribution in [-0.4, -0.2) is 27.1 Å². The first-order valence-corrected chi connectivity index (χ1v) is 6.03. The van der Waals surface area contributed by atoms with Crippen LogP contribution in [0.3, 0.4) is 0 Å². The Labute approximate surface area is 108 Å². The Kier molecular flexibility index (Phi) is 5.15. The molecule has 18 heavy (non-hydrogen) atoms. The smallest absolute Gasteiger partial charge is 0.421 e. The molecule has 0 atom stereocenters. The molecule has 0 bridgehead atoms. The average molecular weight is 281 g/mol. The number of rotatable bonds is 5. The van der Waals surface area contributed by atoms with Crippen LogP contribution in [-0.2, 0) is 6.18 Å². The fourth-order valence-electron chi connectivity index (χ4n) is 1.45. The van der Waals surface area contributed by atoms with Gasteiger partial charge in [0.1, 0.15) is 5.56 Å². The molecular formula is C11H14F3NO2S. The molecule has 0 saturated carbocycles. The van der Waals surface area contributed by atoms with E-state index in [0.717, 1.165) is 11.8 Å². The van der Waals surface area contributed by atoms with Gasteiger partial charge in [-0.2, -0.15) is 13.2 Å². The molecule has 1 aromatic carbocycles. The highest BCUT2D eigenvalue weighted by Crippen LogP contribution is 2.46. The van der Waals surface area contributed by atoms with Crippen molar-refractivity contribution in [1.29, 1.82) is 0 Å². The standard InChI is InChI=1S/C11H14F3NO2S/c1-15-6-18-8-5-4-7(16-2)10(17-3)9(8)11(12,13)14/h4-5,15H,6H2,1-3H3. The molecular weight excluding hydrogens is 267 g/mol. The van der Waals surface area contributed by atoms with Gasteiger partial charge in [-0.1, -0.05) is 0 Å². The number of methoxy groups -OCH3 is 2. The molecule has 3 nitrogen and oxygen atoms in total. The van der Waals surface area contributed by atoms with Crippen LogP contribution in [0.1, 0.15) is 5.56 Å². The van der Waals surface area contributed by atoms with E-state index >= 15 is 0 Å². The van der Waals surface area contributed by atoms with Gasteiger partial charge in [-0.3, -0.25) is 0 Å². The molecule has 0 heterocycles. The molecule has 1 N–H and O–H groups in total. The predicted molar refractivity (Wildman–Crippen MR) is 64.3 cm³/mol. The van der Waals surface area contributed by atoms with Crippen LogP contribution in [0.15, 0.2) is 17.0 Å². The number of hydrogen-bond acceptors (Lipinski definition) is 4. The number of alkyl halides is 3. The van der Waals surface area contributed by atoms with E-state index in [0.29, 0.717) is 5.88 Å². The Hall–Kier alpha value is -1.08. The summed E-state index contributed by atoms with van der Waals surface area (Å²) in [5.41, 5.74) is -0.801. The van der Waals surface area contributed by atoms with Crippen LogP contribution in [0, 0.1) is 0 Å². The fourth-order valence-corrected chi connectivity index (χ4v) is 2.26. The number of nitrogens with one attached hydrogen (secondary N) is 1. The number of benzene rings is 1. The second-order valence-corrected chi connectivity index (χ2v) is 4.33. The van der Waals surface area contributed by atoms with Gasteiger partial charge in [0.05, 0.1) is 14.2 Å². The third-order valence-electron chi connectivity index (χ3n) is 2.16. The topological polar surface area (TPSA) is 30.5 Å². The summed E-state index contributed by atoms with van der Waals surface area (Å²) in [6.45, 7) is 0. The first-order valence-electron chi connectivity index (χ1n) is 5.05. The Balaban J connectivity index is 3.35. The summed E-state index contributed by atoms with van der Waals surface area (Å²) in [6.07, 6.45) is -4.49. The van der Waals surface area contributed by atoms with Gasteiger partial charge in [0.2, 0.25) is 0 Å². The molecule has 1 aromatic rings. The van der Waals surface area contributed by atoms with Gasteiger partial charge in [-0.15, -0.1) is 11.8 Å². The zero-order valence-electron chi connectivity index (χ0n) is 10.2. The molecule has 1 rings (SSSR count). The van der Waals surface area contributed by atoms with Gasteiger partial charge in [0.25, 0.3) is 0 Å². The van der Waals surface area contributed by atoms with Crippen molar-refractivity contribution >= 4 is 11.8 Å². The summed E-state index contributed by atoms with van der Waals surface area (Å²) >= 11 is 1.06. The lowest BCUT2D eigenvalue weighted by Gasteiger charge is -2.18. The first kappa shape index (κ1) is 15.0. The molecule has 0 amide bonds. The van der Waals surface area contributed by atoms with E-state index in [-0.39, 0.29) is 16.4 Å². The summed E-state index contributed by atoms with van der Waals surface area (Å²) in [4.78, 5) is 0.106. The summed E-state index contributed by atoms with van der Waals surface area (Å²) in [7, 11) is 4.17. The first-order chi connectivity index (χ1) is 8.45. The van der Waals surface area contributed by atoms with Gasteiger partial charge in [-0.05, 0) is 19.2 Å². The molecule has 0 fully saturated rings.